The summed E-state index contributed by atoms with van der Waals surface area (Å²) in [7, 11) is -2.01. The maximum atomic E-state index is 13.1. The van der Waals surface area contributed by atoms with Gasteiger partial charge in [-0.3, -0.25) is 4.90 Å². The fourth-order valence-corrected chi connectivity index (χ4v) is 6.90. The molecule has 1 saturated heterocycles. The van der Waals surface area contributed by atoms with E-state index in [-0.39, 0.29) is 16.9 Å². The molecular weight excluding hydrogens is 480 g/mol. The lowest BCUT2D eigenvalue weighted by atomic mass is 9.82. The second kappa shape index (κ2) is 9.46. The van der Waals surface area contributed by atoms with Crippen LogP contribution >= 0.6 is 23.3 Å². The van der Waals surface area contributed by atoms with Gasteiger partial charge in [-0.1, -0.05) is 29.8 Å². The molecule has 5 rings (SSSR count). The van der Waals surface area contributed by atoms with Crippen LogP contribution in [0.5, 0.6) is 5.75 Å². The highest BCUT2D eigenvalue weighted by molar-refractivity contribution is 7.89. The molecule has 0 spiro atoms. The van der Waals surface area contributed by atoms with E-state index < -0.39 is 10.0 Å². The summed E-state index contributed by atoms with van der Waals surface area (Å²) in [5, 5.41) is 0.692. The number of ether oxygens (including phenoxy) is 1. The van der Waals surface area contributed by atoms with Crippen LogP contribution in [0.3, 0.4) is 0 Å². The summed E-state index contributed by atoms with van der Waals surface area (Å²) in [6.07, 6.45) is 4.15. The molecule has 1 saturated carbocycles. The molecule has 10 heteroatoms. The summed E-state index contributed by atoms with van der Waals surface area (Å²) in [6.45, 7) is 3.54. The quantitative estimate of drug-likeness (QED) is 0.450. The van der Waals surface area contributed by atoms with E-state index in [1.807, 2.05) is 12.1 Å². The second-order valence-electron chi connectivity index (χ2n) is 8.96. The molecule has 0 atom stereocenters. The molecule has 2 aromatic carbocycles. The molecule has 0 radical (unpaired) electrons. The first-order chi connectivity index (χ1) is 15.9. The van der Waals surface area contributed by atoms with Crippen LogP contribution in [0.25, 0.3) is 11.0 Å². The van der Waals surface area contributed by atoms with Gasteiger partial charge in [-0.15, -0.1) is 0 Å². The van der Waals surface area contributed by atoms with E-state index in [2.05, 4.69) is 19.7 Å². The van der Waals surface area contributed by atoms with Crippen molar-refractivity contribution in [3.05, 3.63) is 47.0 Å². The zero-order chi connectivity index (χ0) is 23.0. The van der Waals surface area contributed by atoms with Crippen molar-refractivity contribution in [2.45, 2.75) is 43.2 Å². The van der Waals surface area contributed by atoms with Crippen molar-refractivity contribution in [2.24, 2.45) is 5.92 Å². The number of nitrogens with zero attached hydrogens (tertiary/aromatic N) is 4. The highest BCUT2D eigenvalue weighted by Gasteiger charge is 2.35. The van der Waals surface area contributed by atoms with Gasteiger partial charge in [0.2, 0.25) is 10.0 Å². The molecule has 1 aliphatic heterocycles. The van der Waals surface area contributed by atoms with E-state index >= 15 is 0 Å². The Balaban J connectivity index is 1.18. The standard InChI is InChI=1S/C23H27ClN4O3S2/c1-27(33(29,30)21-9-5-7-19-23(21)26-32-25-19)14-16-12-18(13-16)31-20-8-4-6-17(22(20)24)15-28-10-2-3-11-28/h4-9,16,18H,2-3,10-15H2,1H3. The second-order valence-corrected chi connectivity index (χ2v) is 11.9. The van der Waals surface area contributed by atoms with Gasteiger partial charge in [-0.25, -0.2) is 12.7 Å². The van der Waals surface area contributed by atoms with Gasteiger partial charge in [0.15, 0.2) is 0 Å². The SMILES string of the molecule is CN(CC1CC(Oc2cccc(CN3CCCC3)c2Cl)C1)S(=O)(=O)c1cccc2nsnc12. The van der Waals surface area contributed by atoms with Crippen molar-refractivity contribution >= 4 is 44.4 Å². The topological polar surface area (TPSA) is 75.6 Å². The van der Waals surface area contributed by atoms with Gasteiger partial charge in [-0.2, -0.15) is 8.75 Å². The van der Waals surface area contributed by atoms with Crippen molar-refractivity contribution < 1.29 is 13.2 Å². The highest BCUT2D eigenvalue weighted by Crippen LogP contribution is 2.37. The van der Waals surface area contributed by atoms with Gasteiger partial charge in [-0.05, 0) is 68.5 Å². The zero-order valence-corrected chi connectivity index (χ0v) is 20.9. The lowest BCUT2D eigenvalue weighted by molar-refractivity contribution is 0.0575. The van der Waals surface area contributed by atoms with Crippen LogP contribution in [-0.2, 0) is 16.6 Å². The summed E-state index contributed by atoms with van der Waals surface area (Å²) in [4.78, 5) is 2.63. The van der Waals surface area contributed by atoms with Crippen LogP contribution in [0.15, 0.2) is 41.3 Å². The van der Waals surface area contributed by atoms with Gasteiger partial charge >= 0.3 is 0 Å². The maximum Gasteiger partial charge on any atom is 0.245 e. The summed E-state index contributed by atoms with van der Waals surface area (Å²) >= 11 is 7.67. The number of sulfonamides is 1. The number of rotatable bonds is 8. The van der Waals surface area contributed by atoms with E-state index in [0.29, 0.717) is 22.6 Å². The number of fused-ring (bicyclic) bond motifs is 1. The Hall–Kier alpha value is -1.78. The molecule has 2 aliphatic rings. The molecular formula is C23H27ClN4O3S2. The smallest absolute Gasteiger partial charge is 0.245 e. The minimum Gasteiger partial charge on any atom is -0.489 e. The molecule has 0 bridgehead atoms. The van der Waals surface area contributed by atoms with Crippen molar-refractivity contribution in [1.82, 2.24) is 18.0 Å². The largest absolute Gasteiger partial charge is 0.489 e. The number of aromatic nitrogens is 2. The molecule has 0 amide bonds. The summed E-state index contributed by atoms with van der Waals surface area (Å²) in [5.74, 6) is 0.967. The first-order valence-electron chi connectivity index (χ1n) is 11.3. The van der Waals surface area contributed by atoms with Crippen molar-refractivity contribution in [3.63, 3.8) is 0 Å². The lowest BCUT2D eigenvalue weighted by Crippen LogP contribution is -2.42. The van der Waals surface area contributed by atoms with Crippen molar-refractivity contribution in [3.8, 4) is 5.75 Å². The highest BCUT2D eigenvalue weighted by atomic mass is 35.5. The van der Waals surface area contributed by atoms with Gasteiger partial charge in [0.1, 0.15) is 21.7 Å². The van der Waals surface area contributed by atoms with Crippen LogP contribution < -0.4 is 4.74 Å². The zero-order valence-electron chi connectivity index (χ0n) is 18.5. The molecule has 7 nitrogen and oxygen atoms in total. The average Bonchev–Trinajstić information content (AvgIpc) is 3.46. The molecule has 3 aromatic rings. The normalized spacial score (nSPS) is 21.5. The van der Waals surface area contributed by atoms with E-state index in [1.54, 1.807) is 25.2 Å². The Labute approximate surface area is 203 Å². The van der Waals surface area contributed by atoms with E-state index in [9.17, 15) is 8.42 Å². The lowest BCUT2D eigenvalue weighted by Gasteiger charge is -2.37. The number of hydrogen-bond acceptors (Lipinski definition) is 7. The Kier molecular flexibility index (Phi) is 6.59. The number of halogens is 1. The summed E-state index contributed by atoms with van der Waals surface area (Å²) < 4.78 is 42.2. The minimum absolute atomic E-state index is 0.0526. The fraction of sp³-hybridized carbons (Fsp3) is 0.478. The van der Waals surface area contributed by atoms with Gasteiger partial charge < -0.3 is 4.74 Å². The van der Waals surface area contributed by atoms with Gasteiger partial charge in [0.25, 0.3) is 0 Å². The predicted molar refractivity (Wildman–Crippen MR) is 130 cm³/mol. The molecule has 0 N–H and O–H groups in total. The molecule has 2 heterocycles. The van der Waals surface area contributed by atoms with Gasteiger partial charge in [0.05, 0.1) is 22.9 Å². The summed E-state index contributed by atoms with van der Waals surface area (Å²) in [6, 6.07) is 11.1. The Morgan fingerprint density at radius 3 is 2.70 bits per heavy atom. The third-order valence-corrected chi connectivity index (χ3v) is 9.40. The van der Waals surface area contributed by atoms with E-state index in [4.69, 9.17) is 16.3 Å². The Morgan fingerprint density at radius 2 is 1.91 bits per heavy atom. The molecule has 1 aliphatic carbocycles. The average molecular weight is 507 g/mol. The molecule has 176 valence electrons. The van der Waals surface area contributed by atoms with Crippen LogP contribution in [0.2, 0.25) is 5.02 Å². The van der Waals surface area contributed by atoms with Crippen LogP contribution in [-0.4, -0.2) is 59.2 Å². The molecule has 1 aromatic heterocycles. The van der Waals surface area contributed by atoms with E-state index in [0.717, 1.165) is 55.5 Å². The Morgan fingerprint density at radius 1 is 1.15 bits per heavy atom. The first kappa shape index (κ1) is 23.0. The monoisotopic (exact) mass is 506 g/mol. The van der Waals surface area contributed by atoms with Crippen molar-refractivity contribution in [1.29, 1.82) is 0 Å². The Bertz CT molecular complexity index is 1240. The van der Waals surface area contributed by atoms with Crippen molar-refractivity contribution in [2.75, 3.05) is 26.7 Å². The molecule has 0 unspecified atom stereocenters. The number of likely N-dealkylation sites (tertiary alicyclic amines) is 1. The third-order valence-electron chi connectivity index (χ3n) is 6.57. The van der Waals surface area contributed by atoms with E-state index in [1.165, 1.54) is 17.1 Å². The van der Waals surface area contributed by atoms with Crippen LogP contribution in [0.4, 0.5) is 0 Å². The van der Waals surface area contributed by atoms with Gasteiger partial charge in [0, 0.05) is 20.1 Å². The number of hydrogen-bond donors (Lipinski definition) is 0. The maximum absolute atomic E-state index is 13.1. The molecule has 2 fully saturated rings. The van der Waals surface area contributed by atoms with Crippen LogP contribution in [0, 0.1) is 5.92 Å². The minimum atomic E-state index is -3.64. The fourth-order valence-electron chi connectivity index (χ4n) is 4.67. The summed E-state index contributed by atoms with van der Waals surface area (Å²) in [5.41, 5.74) is 2.14. The first-order valence-corrected chi connectivity index (χ1v) is 13.8. The third kappa shape index (κ3) is 4.74. The number of benzene rings is 2. The predicted octanol–water partition coefficient (Wildman–Crippen LogP) is 4.42. The van der Waals surface area contributed by atoms with Crippen LogP contribution in [0.1, 0.15) is 31.2 Å². The molecule has 33 heavy (non-hydrogen) atoms.